The molecule has 0 fully saturated rings. The quantitative estimate of drug-likeness (QED) is 0.871. The molecular weight excluding hydrogens is 237 g/mol. The van der Waals surface area contributed by atoms with Crippen molar-refractivity contribution in [3.05, 3.63) is 29.8 Å². The molecule has 0 aliphatic rings. The fraction of sp³-hybridized carbons (Fsp3) is 0.364. The van der Waals surface area contributed by atoms with Crippen molar-refractivity contribution in [3.8, 4) is 5.75 Å². The number of halogens is 3. The highest BCUT2D eigenvalue weighted by Gasteiger charge is 2.31. The van der Waals surface area contributed by atoms with Gasteiger partial charge < -0.3 is 9.84 Å². The minimum absolute atomic E-state index is 0.00957. The fourth-order valence-corrected chi connectivity index (χ4v) is 1.34. The van der Waals surface area contributed by atoms with Crippen molar-refractivity contribution in [2.75, 3.05) is 0 Å². The first-order valence-electron chi connectivity index (χ1n) is 4.93. The predicted molar refractivity (Wildman–Crippen MR) is 53.7 cm³/mol. The zero-order valence-electron chi connectivity index (χ0n) is 8.83. The van der Waals surface area contributed by atoms with E-state index in [4.69, 9.17) is 5.11 Å². The van der Waals surface area contributed by atoms with Crippen LogP contribution in [0.1, 0.15) is 18.4 Å². The highest BCUT2D eigenvalue weighted by atomic mass is 19.4. The van der Waals surface area contributed by atoms with Gasteiger partial charge in [-0.1, -0.05) is 12.1 Å². The average molecular weight is 248 g/mol. The Morgan fingerprint density at radius 3 is 2.65 bits per heavy atom. The van der Waals surface area contributed by atoms with Gasteiger partial charge in [-0.05, 0) is 30.5 Å². The molecule has 3 nitrogen and oxygen atoms in total. The van der Waals surface area contributed by atoms with E-state index in [1.165, 1.54) is 18.2 Å². The molecule has 0 bridgehead atoms. The van der Waals surface area contributed by atoms with Crippen LogP contribution in [0.3, 0.4) is 0 Å². The van der Waals surface area contributed by atoms with E-state index in [0.29, 0.717) is 18.4 Å². The van der Waals surface area contributed by atoms with E-state index in [9.17, 15) is 18.0 Å². The molecule has 0 radical (unpaired) electrons. The number of benzene rings is 1. The van der Waals surface area contributed by atoms with Gasteiger partial charge in [0.15, 0.2) is 0 Å². The first kappa shape index (κ1) is 13.3. The zero-order chi connectivity index (χ0) is 12.9. The van der Waals surface area contributed by atoms with Crippen molar-refractivity contribution in [2.45, 2.75) is 25.6 Å². The minimum Gasteiger partial charge on any atom is -0.481 e. The van der Waals surface area contributed by atoms with E-state index >= 15 is 0 Å². The molecule has 0 aromatic heterocycles. The summed E-state index contributed by atoms with van der Waals surface area (Å²) < 4.78 is 39.5. The lowest BCUT2D eigenvalue weighted by atomic mass is 10.1. The SMILES string of the molecule is O=C(O)CCCc1cccc(OC(F)(F)F)c1. The Labute approximate surface area is 95.8 Å². The van der Waals surface area contributed by atoms with E-state index in [-0.39, 0.29) is 12.2 Å². The third-order valence-electron chi connectivity index (χ3n) is 1.99. The smallest absolute Gasteiger partial charge is 0.481 e. The summed E-state index contributed by atoms with van der Waals surface area (Å²) in [7, 11) is 0. The Morgan fingerprint density at radius 1 is 1.35 bits per heavy atom. The predicted octanol–water partition coefficient (Wildman–Crippen LogP) is 2.99. The van der Waals surface area contributed by atoms with Gasteiger partial charge in [0.05, 0.1) is 0 Å². The molecule has 94 valence electrons. The third kappa shape index (κ3) is 5.79. The van der Waals surface area contributed by atoms with E-state index in [0.717, 1.165) is 0 Å². The van der Waals surface area contributed by atoms with Crippen LogP contribution in [-0.2, 0) is 11.2 Å². The Bertz CT molecular complexity index is 388. The molecule has 0 atom stereocenters. The molecule has 0 amide bonds. The molecule has 0 saturated carbocycles. The van der Waals surface area contributed by atoms with Gasteiger partial charge in [0.2, 0.25) is 0 Å². The second kappa shape index (κ2) is 5.56. The number of aryl methyl sites for hydroxylation is 1. The molecular formula is C11H11F3O3. The van der Waals surface area contributed by atoms with Crippen LogP contribution < -0.4 is 4.74 Å². The fourth-order valence-electron chi connectivity index (χ4n) is 1.34. The summed E-state index contributed by atoms with van der Waals surface area (Å²) in [4.78, 5) is 10.3. The standard InChI is InChI=1S/C11H11F3O3/c12-11(13,14)17-9-5-1-3-8(7-9)4-2-6-10(15)16/h1,3,5,7H,2,4,6H2,(H,15,16). The van der Waals surface area contributed by atoms with Gasteiger partial charge in [-0.15, -0.1) is 13.2 Å². The van der Waals surface area contributed by atoms with E-state index < -0.39 is 12.3 Å². The van der Waals surface area contributed by atoms with E-state index in [1.807, 2.05) is 0 Å². The Morgan fingerprint density at radius 2 is 2.06 bits per heavy atom. The highest BCUT2D eigenvalue weighted by Crippen LogP contribution is 2.23. The lowest BCUT2D eigenvalue weighted by molar-refractivity contribution is -0.274. The number of rotatable bonds is 5. The highest BCUT2D eigenvalue weighted by molar-refractivity contribution is 5.66. The Hall–Kier alpha value is -1.72. The van der Waals surface area contributed by atoms with Gasteiger partial charge in [0.1, 0.15) is 5.75 Å². The third-order valence-corrected chi connectivity index (χ3v) is 1.99. The Balaban J connectivity index is 2.57. The molecule has 6 heteroatoms. The molecule has 0 saturated heterocycles. The summed E-state index contributed by atoms with van der Waals surface area (Å²) in [6.45, 7) is 0. The first-order chi connectivity index (χ1) is 7.87. The monoisotopic (exact) mass is 248 g/mol. The lowest BCUT2D eigenvalue weighted by Gasteiger charge is -2.09. The number of ether oxygens (including phenoxy) is 1. The number of carboxylic acid groups (broad SMARTS) is 1. The second-order valence-corrected chi connectivity index (χ2v) is 3.44. The minimum atomic E-state index is -4.71. The molecule has 1 aromatic carbocycles. The normalized spacial score (nSPS) is 11.2. The van der Waals surface area contributed by atoms with Gasteiger partial charge in [-0.3, -0.25) is 4.79 Å². The Kier molecular flexibility index (Phi) is 4.37. The van der Waals surface area contributed by atoms with E-state index in [2.05, 4.69) is 4.74 Å². The summed E-state index contributed by atoms with van der Waals surface area (Å²) in [5.41, 5.74) is 0.619. The van der Waals surface area contributed by atoms with Crippen LogP contribution in [0.5, 0.6) is 5.75 Å². The molecule has 17 heavy (non-hydrogen) atoms. The van der Waals surface area contributed by atoms with Gasteiger partial charge in [0.25, 0.3) is 0 Å². The number of hydrogen-bond donors (Lipinski definition) is 1. The maximum absolute atomic E-state index is 11.9. The van der Waals surface area contributed by atoms with Crippen LogP contribution in [-0.4, -0.2) is 17.4 Å². The maximum atomic E-state index is 11.9. The molecule has 0 unspecified atom stereocenters. The molecule has 1 aromatic rings. The number of carbonyl (C=O) groups is 1. The van der Waals surface area contributed by atoms with Gasteiger partial charge in [0, 0.05) is 6.42 Å². The van der Waals surface area contributed by atoms with Crippen molar-refractivity contribution in [3.63, 3.8) is 0 Å². The van der Waals surface area contributed by atoms with Crippen LogP contribution in [0.15, 0.2) is 24.3 Å². The molecule has 0 heterocycles. The number of carboxylic acids is 1. The van der Waals surface area contributed by atoms with Crippen molar-refractivity contribution in [2.24, 2.45) is 0 Å². The first-order valence-corrected chi connectivity index (χ1v) is 4.93. The van der Waals surface area contributed by atoms with Crippen LogP contribution >= 0.6 is 0 Å². The van der Waals surface area contributed by atoms with Crippen molar-refractivity contribution in [1.82, 2.24) is 0 Å². The molecule has 0 spiro atoms. The second-order valence-electron chi connectivity index (χ2n) is 3.44. The summed E-state index contributed by atoms with van der Waals surface area (Å²) in [5.74, 6) is -1.21. The average Bonchev–Trinajstić information content (AvgIpc) is 2.14. The zero-order valence-corrected chi connectivity index (χ0v) is 8.83. The summed E-state index contributed by atoms with van der Waals surface area (Å²) in [6, 6.07) is 5.53. The van der Waals surface area contributed by atoms with Gasteiger partial charge >= 0.3 is 12.3 Å². The number of alkyl halides is 3. The van der Waals surface area contributed by atoms with Crippen LogP contribution in [0.2, 0.25) is 0 Å². The summed E-state index contributed by atoms with van der Waals surface area (Å²) in [6.07, 6.45) is -3.93. The molecule has 0 aliphatic heterocycles. The molecule has 1 rings (SSSR count). The van der Waals surface area contributed by atoms with Crippen molar-refractivity contribution >= 4 is 5.97 Å². The largest absolute Gasteiger partial charge is 0.573 e. The maximum Gasteiger partial charge on any atom is 0.573 e. The van der Waals surface area contributed by atoms with Crippen molar-refractivity contribution in [1.29, 1.82) is 0 Å². The summed E-state index contributed by atoms with van der Waals surface area (Å²) in [5, 5.41) is 8.43. The van der Waals surface area contributed by atoms with Crippen LogP contribution in [0.4, 0.5) is 13.2 Å². The number of aliphatic carboxylic acids is 1. The van der Waals surface area contributed by atoms with Gasteiger partial charge in [-0.25, -0.2) is 0 Å². The van der Waals surface area contributed by atoms with Gasteiger partial charge in [-0.2, -0.15) is 0 Å². The number of hydrogen-bond acceptors (Lipinski definition) is 2. The lowest BCUT2D eigenvalue weighted by Crippen LogP contribution is -2.17. The topological polar surface area (TPSA) is 46.5 Å². The van der Waals surface area contributed by atoms with E-state index in [1.54, 1.807) is 6.07 Å². The summed E-state index contributed by atoms with van der Waals surface area (Å²) >= 11 is 0. The van der Waals surface area contributed by atoms with Crippen LogP contribution in [0, 0.1) is 0 Å². The van der Waals surface area contributed by atoms with Crippen molar-refractivity contribution < 1.29 is 27.8 Å². The molecule has 1 N–H and O–H groups in total. The van der Waals surface area contributed by atoms with Crippen LogP contribution in [0.25, 0.3) is 0 Å². The molecule has 0 aliphatic carbocycles.